The van der Waals surface area contributed by atoms with Gasteiger partial charge in [-0.15, -0.1) is 0 Å². The molecule has 0 saturated heterocycles. The molecule has 124 valence electrons. The number of fused-ring (bicyclic) bond motifs is 1. The predicted octanol–water partition coefficient (Wildman–Crippen LogP) is 1.48. The van der Waals surface area contributed by atoms with Gasteiger partial charge in [0.05, 0.1) is 18.1 Å². The van der Waals surface area contributed by atoms with Crippen LogP contribution in [0, 0.1) is 0 Å². The normalized spacial score (nSPS) is 13.6. The molecule has 1 aromatic carbocycles. The van der Waals surface area contributed by atoms with Crippen molar-refractivity contribution >= 4 is 28.0 Å². The quantitative estimate of drug-likeness (QED) is 0.735. The Morgan fingerprint density at radius 2 is 2.17 bits per heavy atom. The van der Waals surface area contributed by atoms with E-state index >= 15 is 0 Å². The Morgan fingerprint density at radius 3 is 2.92 bits per heavy atom. The summed E-state index contributed by atoms with van der Waals surface area (Å²) in [7, 11) is 0. The number of hydrogen-bond donors (Lipinski definition) is 2. The van der Waals surface area contributed by atoms with Crippen LogP contribution in [0.4, 0.5) is 0 Å². The smallest absolute Gasteiger partial charge is 0.275 e. The molecule has 2 aromatic heterocycles. The molecule has 0 aliphatic carbocycles. The largest absolute Gasteiger partial charge is 0.384 e. The van der Waals surface area contributed by atoms with E-state index < -0.39 is 5.60 Å². The zero-order chi connectivity index (χ0) is 17.2. The van der Waals surface area contributed by atoms with Gasteiger partial charge in [0, 0.05) is 5.39 Å². The summed E-state index contributed by atoms with van der Waals surface area (Å²) in [6, 6.07) is 8.91. The van der Waals surface area contributed by atoms with Gasteiger partial charge in [0.25, 0.3) is 5.56 Å². The lowest BCUT2D eigenvalue weighted by Gasteiger charge is -2.22. The van der Waals surface area contributed by atoms with Crippen molar-refractivity contribution in [1.82, 2.24) is 15.1 Å². The van der Waals surface area contributed by atoms with Crippen LogP contribution in [-0.4, -0.2) is 27.3 Å². The molecule has 2 heterocycles. The van der Waals surface area contributed by atoms with Crippen LogP contribution < -0.4 is 10.9 Å². The van der Waals surface area contributed by atoms with E-state index in [0.29, 0.717) is 5.39 Å². The lowest BCUT2D eigenvalue weighted by Crippen LogP contribution is -2.41. The van der Waals surface area contributed by atoms with Crippen LogP contribution in [0.5, 0.6) is 0 Å². The van der Waals surface area contributed by atoms with Gasteiger partial charge in [-0.3, -0.25) is 9.59 Å². The first kappa shape index (κ1) is 16.4. The van der Waals surface area contributed by atoms with Gasteiger partial charge < -0.3 is 10.4 Å². The summed E-state index contributed by atoms with van der Waals surface area (Å²) < 4.78 is 1.12. The van der Waals surface area contributed by atoms with Crippen molar-refractivity contribution in [2.45, 2.75) is 19.1 Å². The molecule has 0 radical (unpaired) electrons. The Labute approximate surface area is 142 Å². The number of nitrogens with zero attached hydrogens (tertiary/aromatic N) is 2. The van der Waals surface area contributed by atoms with Crippen molar-refractivity contribution < 1.29 is 9.90 Å². The molecule has 2 N–H and O–H groups in total. The lowest BCUT2D eigenvalue weighted by atomic mass is 9.99. The first-order chi connectivity index (χ1) is 11.5. The highest BCUT2D eigenvalue weighted by Gasteiger charge is 2.24. The van der Waals surface area contributed by atoms with Crippen molar-refractivity contribution in [2.24, 2.45) is 0 Å². The van der Waals surface area contributed by atoms with E-state index in [1.165, 1.54) is 11.3 Å². The van der Waals surface area contributed by atoms with Crippen LogP contribution in [0.25, 0.3) is 10.8 Å². The predicted molar refractivity (Wildman–Crippen MR) is 92.9 cm³/mol. The van der Waals surface area contributed by atoms with Crippen LogP contribution in [0.1, 0.15) is 12.5 Å². The van der Waals surface area contributed by atoms with E-state index in [1.54, 1.807) is 31.3 Å². The summed E-state index contributed by atoms with van der Waals surface area (Å²) in [5.41, 5.74) is -0.723. The SMILES string of the molecule is CC(O)(CNC(=O)Cn1ncc2ccccc2c1=O)c1ccsc1. The van der Waals surface area contributed by atoms with Crippen LogP contribution in [0.15, 0.2) is 52.1 Å². The number of nitrogens with one attached hydrogen (secondary N) is 1. The fraction of sp³-hybridized carbons (Fsp3) is 0.235. The molecule has 3 aromatic rings. The Morgan fingerprint density at radius 1 is 1.38 bits per heavy atom. The summed E-state index contributed by atoms with van der Waals surface area (Å²) >= 11 is 1.48. The number of rotatable bonds is 5. The fourth-order valence-electron chi connectivity index (χ4n) is 2.38. The van der Waals surface area contributed by atoms with Gasteiger partial charge in [-0.1, -0.05) is 18.2 Å². The number of amides is 1. The van der Waals surface area contributed by atoms with Gasteiger partial charge in [-0.2, -0.15) is 16.4 Å². The van der Waals surface area contributed by atoms with Crippen molar-refractivity contribution in [3.05, 3.63) is 63.2 Å². The lowest BCUT2D eigenvalue weighted by molar-refractivity contribution is -0.123. The van der Waals surface area contributed by atoms with Crippen molar-refractivity contribution in [1.29, 1.82) is 0 Å². The Kier molecular flexibility index (Phi) is 4.46. The first-order valence-corrected chi connectivity index (χ1v) is 8.38. The standard InChI is InChI=1S/C17H17N3O3S/c1-17(23,13-6-7-24-10-13)11-18-15(21)9-20-16(22)14-5-3-2-4-12(14)8-19-20/h2-8,10,23H,9,11H2,1H3,(H,18,21). The molecule has 0 saturated carbocycles. The van der Waals surface area contributed by atoms with E-state index in [2.05, 4.69) is 10.4 Å². The maximum atomic E-state index is 12.3. The molecule has 3 rings (SSSR count). The highest BCUT2D eigenvalue weighted by molar-refractivity contribution is 7.08. The molecule has 1 unspecified atom stereocenters. The molecule has 0 aliphatic rings. The number of benzene rings is 1. The van der Waals surface area contributed by atoms with Gasteiger partial charge in [0.1, 0.15) is 12.1 Å². The monoisotopic (exact) mass is 343 g/mol. The van der Waals surface area contributed by atoms with Crippen molar-refractivity contribution in [3.63, 3.8) is 0 Å². The molecule has 6 nitrogen and oxygen atoms in total. The highest BCUT2D eigenvalue weighted by Crippen LogP contribution is 2.21. The van der Waals surface area contributed by atoms with Gasteiger partial charge in [0.15, 0.2) is 0 Å². The first-order valence-electron chi connectivity index (χ1n) is 7.44. The molecule has 7 heteroatoms. The third-order valence-corrected chi connectivity index (χ3v) is 4.51. The second-order valence-electron chi connectivity index (χ2n) is 5.76. The summed E-state index contributed by atoms with van der Waals surface area (Å²) in [5.74, 6) is -0.379. The van der Waals surface area contributed by atoms with Crippen LogP contribution in [0.3, 0.4) is 0 Å². The number of aliphatic hydroxyl groups is 1. The minimum atomic E-state index is -1.16. The minimum absolute atomic E-state index is 0.0604. The third-order valence-electron chi connectivity index (χ3n) is 3.83. The summed E-state index contributed by atoms with van der Waals surface area (Å²) in [6.07, 6.45) is 1.56. The molecule has 24 heavy (non-hydrogen) atoms. The number of carbonyl (C=O) groups excluding carboxylic acids is 1. The molecular weight excluding hydrogens is 326 g/mol. The molecule has 0 fully saturated rings. The van der Waals surface area contributed by atoms with E-state index in [4.69, 9.17) is 0 Å². The average Bonchev–Trinajstić information content (AvgIpc) is 3.11. The van der Waals surface area contributed by atoms with Gasteiger partial charge >= 0.3 is 0 Å². The Hall–Kier alpha value is -2.51. The number of hydrogen-bond acceptors (Lipinski definition) is 5. The summed E-state index contributed by atoms with van der Waals surface area (Å²) in [4.78, 5) is 24.4. The maximum Gasteiger partial charge on any atom is 0.275 e. The van der Waals surface area contributed by atoms with Crippen LogP contribution in [-0.2, 0) is 16.9 Å². The van der Waals surface area contributed by atoms with Gasteiger partial charge in [0.2, 0.25) is 5.91 Å². The summed E-state index contributed by atoms with van der Waals surface area (Å²) in [6.45, 7) is 1.50. The minimum Gasteiger partial charge on any atom is -0.384 e. The average molecular weight is 343 g/mol. The second kappa shape index (κ2) is 6.54. The molecular formula is C17H17N3O3S. The Balaban J connectivity index is 1.69. The molecule has 0 bridgehead atoms. The molecule has 0 aliphatic heterocycles. The van der Waals surface area contributed by atoms with Crippen LogP contribution in [0.2, 0.25) is 0 Å². The fourth-order valence-corrected chi connectivity index (χ4v) is 3.16. The molecule has 0 spiro atoms. The zero-order valence-electron chi connectivity index (χ0n) is 13.1. The van der Waals surface area contributed by atoms with E-state index in [-0.39, 0.29) is 24.6 Å². The third kappa shape index (κ3) is 3.37. The van der Waals surface area contributed by atoms with E-state index in [1.807, 2.05) is 22.9 Å². The highest BCUT2D eigenvalue weighted by atomic mass is 32.1. The molecule has 1 atom stereocenters. The Bertz CT molecular complexity index is 916. The topological polar surface area (TPSA) is 84.2 Å². The van der Waals surface area contributed by atoms with E-state index in [9.17, 15) is 14.7 Å². The van der Waals surface area contributed by atoms with Gasteiger partial charge in [-0.05, 0) is 35.4 Å². The van der Waals surface area contributed by atoms with Crippen molar-refractivity contribution in [2.75, 3.05) is 6.54 Å². The zero-order valence-corrected chi connectivity index (χ0v) is 13.9. The van der Waals surface area contributed by atoms with Gasteiger partial charge in [-0.25, -0.2) is 4.68 Å². The van der Waals surface area contributed by atoms with Crippen LogP contribution >= 0.6 is 11.3 Å². The summed E-state index contributed by atoms with van der Waals surface area (Å²) in [5, 5.41) is 22.0. The number of carbonyl (C=O) groups is 1. The van der Waals surface area contributed by atoms with E-state index in [0.717, 1.165) is 15.6 Å². The van der Waals surface area contributed by atoms with Crippen molar-refractivity contribution in [3.8, 4) is 0 Å². The second-order valence-corrected chi connectivity index (χ2v) is 6.54. The number of thiophene rings is 1. The molecule has 1 amide bonds. The maximum absolute atomic E-state index is 12.3. The number of aromatic nitrogens is 2.